The lowest BCUT2D eigenvalue weighted by Crippen LogP contribution is -2.08. The molecule has 2 heterocycles. The average molecular weight is 367 g/mol. The molecule has 0 atom stereocenters. The molecule has 0 aliphatic heterocycles. The SMILES string of the molecule is COc1ccc(-c2nc(CSc3nccc(C(F)(F)F)n3)co2)cc1. The molecule has 0 fully saturated rings. The molecule has 3 aromatic rings. The van der Waals surface area contributed by atoms with E-state index in [-0.39, 0.29) is 5.16 Å². The summed E-state index contributed by atoms with van der Waals surface area (Å²) in [4.78, 5) is 11.6. The maximum absolute atomic E-state index is 12.6. The van der Waals surface area contributed by atoms with Crippen molar-refractivity contribution in [3.05, 3.63) is 54.2 Å². The van der Waals surface area contributed by atoms with Gasteiger partial charge in [-0.2, -0.15) is 13.2 Å². The van der Waals surface area contributed by atoms with E-state index < -0.39 is 11.9 Å². The molecule has 25 heavy (non-hydrogen) atoms. The number of aromatic nitrogens is 3. The van der Waals surface area contributed by atoms with E-state index in [1.807, 2.05) is 0 Å². The van der Waals surface area contributed by atoms with Gasteiger partial charge in [-0.15, -0.1) is 0 Å². The second-order valence-electron chi connectivity index (χ2n) is 4.88. The molecule has 0 aliphatic carbocycles. The summed E-state index contributed by atoms with van der Waals surface area (Å²) in [6.07, 6.45) is -1.95. The minimum Gasteiger partial charge on any atom is -0.497 e. The minimum atomic E-state index is -4.49. The van der Waals surface area contributed by atoms with Gasteiger partial charge in [0.25, 0.3) is 0 Å². The molecular weight excluding hydrogens is 355 g/mol. The molecule has 0 aliphatic rings. The molecule has 9 heteroatoms. The van der Waals surface area contributed by atoms with E-state index in [0.29, 0.717) is 23.1 Å². The smallest absolute Gasteiger partial charge is 0.433 e. The predicted octanol–water partition coefficient (Wildman–Crippen LogP) is 4.45. The highest BCUT2D eigenvalue weighted by atomic mass is 32.2. The van der Waals surface area contributed by atoms with Gasteiger partial charge in [0.15, 0.2) is 5.16 Å². The highest BCUT2D eigenvalue weighted by Crippen LogP contribution is 2.29. The Morgan fingerprint density at radius 1 is 1.12 bits per heavy atom. The zero-order chi connectivity index (χ0) is 17.9. The first-order valence-corrected chi connectivity index (χ1v) is 8.06. The maximum atomic E-state index is 12.6. The standard InChI is InChI=1S/C16H12F3N3O2S/c1-23-12-4-2-10(3-5-12)14-21-11(8-24-14)9-25-15-20-7-6-13(22-15)16(17,18)19/h2-8H,9H2,1H3. The number of hydrogen-bond acceptors (Lipinski definition) is 6. The van der Waals surface area contributed by atoms with Gasteiger partial charge in [-0.1, -0.05) is 11.8 Å². The highest BCUT2D eigenvalue weighted by Gasteiger charge is 2.32. The van der Waals surface area contributed by atoms with Gasteiger partial charge in [0.2, 0.25) is 5.89 Å². The van der Waals surface area contributed by atoms with Crippen LogP contribution in [0, 0.1) is 0 Å². The Morgan fingerprint density at radius 3 is 2.56 bits per heavy atom. The topological polar surface area (TPSA) is 61.0 Å². The van der Waals surface area contributed by atoms with Gasteiger partial charge >= 0.3 is 6.18 Å². The van der Waals surface area contributed by atoms with Crippen LogP contribution >= 0.6 is 11.8 Å². The summed E-state index contributed by atoms with van der Waals surface area (Å²) in [6, 6.07) is 8.01. The predicted molar refractivity (Wildman–Crippen MR) is 85.1 cm³/mol. The van der Waals surface area contributed by atoms with Crippen molar-refractivity contribution >= 4 is 11.8 Å². The number of ether oxygens (including phenoxy) is 1. The van der Waals surface area contributed by atoms with Gasteiger partial charge in [0.05, 0.1) is 12.8 Å². The van der Waals surface area contributed by atoms with Gasteiger partial charge in [-0.05, 0) is 30.3 Å². The zero-order valence-electron chi connectivity index (χ0n) is 12.9. The van der Waals surface area contributed by atoms with E-state index in [4.69, 9.17) is 9.15 Å². The third-order valence-corrected chi connectivity index (χ3v) is 4.06. The maximum Gasteiger partial charge on any atom is 0.433 e. The first kappa shape index (κ1) is 17.3. The fourth-order valence-electron chi connectivity index (χ4n) is 1.95. The molecule has 0 amide bonds. The fraction of sp³-hybridized carbons (Fsp3) is 0.188. The summed E-state index contributed by atoms with van der Waals surface area (Å²) in [5.74, 6) is 1.43. The summed E-state index contributed by atoms with van der Waals surface area (Å²) in [5.41, 5.74) is 0.383. The largest absolute Gasteiger partial charge is 0.497 e. The normalized spacial score (nSPS) is 11.5. The monoisotopic (exact) mass is 367 g/mol. The third-order valence-electron chi connectivity index (χ3n) is 3.16. The van der Waals surface area contributed by atoms with Gasteiger partial charge in [-0.25, -0.2) is 15.0 Å². The molecule has 0 unspecified atom stereocenters. The van der Waals surface area contributed by atoms with Gasteiger partial charge in [0.1, 0.15) is 17.7 Å². The molecule has 0 saturated heterocycles. The first-order chi connectivity index (χ1) is 12.0. The lowest BCUT2D eigenvalue weighted by molar-refractivity contribution is -0.141. The van der Waals surface area contributed by atoms with Crippen LogP contribution in [0.3, 0.4) is 0 Å². The van der Waals surface area contributed by atoms with Gasteiger partial charge in [-0.3, -0.25) is 0 Å². The number of nitrogens with zero attached hydrogens (tertiary/aromatic N) is 3. The number of benzene rings is 1. The zero-order valence-corrected chi connectivity index (χ0v) is 13.8. The van der Waals surface area contributed by atoms with Crippen molar-refractivity contribution in [2.45, 2.75) is 17.1 Å². The van der Waals surface area contributed by atoms with Crippen LogP contribution in [0.1, 0.15) is 11.4 Å². The Kier molecular flexibility index (Phi) is 4.93. The quantitative estimate of drug-likeness (QED) is 0.490. The Bertz CT molecular complexity index is 850. The summed E-state index contributed by atoms with van der Waals surface area (Å²) in [7, 11) is 1.57. The van der Waals surface area contributed by atoms with Crippen LogP contribution in [-0.2, 0) is 11.9 Å². The molecule has 0 N–H and O–H groups in total. The van der Waals surface area contributed by atoms with E-state index in [2.05, 4.69) is 15.0 Å². The van der Waals surface area contributed by atoms with Crippen LogP contribution in [0.2, 0.25) is 0 Å². The molecular formula is C16H12F3N3O2S. The van der Waals surface area contributed by atoms with Crippen LogP contribution < -0.4 is 4.74 Å². The third kappa shape index (κ3) is 4.30. The molecule has 0 bridgehead atoms. The van der Waals surface area contributed by atoms with Crippen molar-refractivity contribution in [1.29, 1.82) is 0 Å². The number of rotatable bonds is 5. The lowest BCUT2D eigenvalue weighted by Gasteiger charge is -2.05. The summed E-state index contributed by atoms with van der Waals surface area (Å²) >= 11 is 1.05. The summed E-state index contributed by atoms with van der Waals surface area (Å²) in [6.45, 7) is 0. The molecule has 2 aromatic heterocycles. The van der Waals surface area contributed by atoms with Crippen molar-refractivity contribution < 1.29 is 22.3 Å². The Morgan fingerprint density at radius 2 is 1.88 bits per heavy atom. The van der Waals surface area contributed by atoms with Crippen molar-refractivity contribution in [2.24, 2.45) is 0 Å². The van der Waals surface area contributed by atoms with Crippen LogP contribution in [0.15, 0.2) is 52.4 Å². The second-order valence-corrected chi connectivity index (χ2v) is 5.83. The van der Waals surface area contributed by atoms with Crippen molar-refractivity contribution in [3.8, 4) is 17.2 Å². The molecule has 130 valence electrons. The van der Waals surface area contributed by atoms with E-state index in [0.717, 1.165) is 29.6 Å². The Labute approximate surface area is 145 Å². The van der Waals surface area contributed by atoms with Crippen LogP contribution in [-0.4, -0.2) is 22.1 Å². The van der Waals surface area contributed by atoms with Gasteiger partial charge in [0, 0.05) is 17.5 Å². The number of halogens is 3. The Hall–Kier alpha value is -2.55. The lowest BCUT2D eigenvalue weighted by atomic mass is 10.2. The number of thioether (sulfide) groups is 1. The molecule has 1 aromatic carbocycles. The molecule has 0 saturated carbocycles. The van der Waals surface area contributed by atoms with Crippen LogP contribution in [0.4, 0.5) is 13.2 Å². The molecule has 3 rings (SSSR count). The number of methoxy groups -OCH3 is 1. The number of alkyl halides is 3. The molecule has 0 spiro atoms. The van der Waals surface area contributed by atoms with Gasteiger partial charge < -0.3 is 9.15 Å². The fourth-order valence-corrected chi connectivity index (χ4v) is 2.65. The Balaban J connectivity index is 1.67. The van der Waals surface area contributed by atoms with E-state index in [1.54, 1.807) is 31.4 Å². The van der Waals surface area contributed by atoms with Crippen LogP contribution in [0.5, 0.6) is 5.75 Å². The number of oxazole rings is 1. The van der Waals surface area contributed by atoms with Crippen LogP contribution in [0.25, 0.3) is 11.5 Å². The number of hydrogen-bond donors (Lipinski definition) is 0. The highest BCUT2D eigenvalue weighted by molar-refractivity contribution is 7.98. The van der Waals surface area contributed by atoms with Crippen molar-refractivity contribution in [3.63, 3.8) is 0 Å². The molecule has 5 nitrogen and oxygen atoms in total. The van der Waals surface area contributed by atoms with Crippen molar-refractivity contribution in [2.75, 3.05) is 7.11 Å². The minimum absolute atomic E-state index is 0.0313. The second kappa shape index (κ2) is 7.14. The molecule has 0 radical (unpaired) electrons. The summed E-state index contributed by atoms with van der Waals surface area (Å²) in [5, 5.41) is 0.0313. The summed E-state index contributed by atoms with van der Waals surface area (Å²) < 4.78 is 48.4. The first-order valence-electron chi connectivity index (χ1n) is 7.07. The van der Waals surface area contributed by atoms with E-state index in [9.17, 15) is 13.2 Å². The average Bonchev–Trinajstić information content (AvgIpc) is 3.08. The van der Waals surface area contributed by atoms with E-state index >= 15 is 0 Å². The van der Waals surface area contributed by atoms with Crippen molar-refractivity contribution in [1.82, 2.24) is 15.0 Å². The van der Waals surface area contributed by atoms with E-state index in [1.165, 1.54) is 6.26 Å².